The van der Waals surface area contributed by atoms with E-state index < -0.39 is 36.4 Å². The lowest BCUT2D eigenvalue weighted by atomic mass is 9.96. The summed E-state index contributed by atoms with van der Waals surface area (Å²) in [5, 5.41) is 18.5. The van der Waals surface area contributed by atoms with Crippen molar-refractivity contribution in [3.63, 3.8) is 0 Å². The number of hydrogen-bond acceptors (Lipinski definition) is 7. The van der Waals surface area contributed by atoms with Crippen molar-refractivity contribution >= 4 is 17.9 Å². The maximum absolute atomic E-state index is 11.1. The van der Waals surface area contributed by atoms with E-state index in [1.54, 1.807) is 6.92 Å². The third-order valence-corrected chi connectivity index (χ3v) is 1.85. The highest BCUT2D eigenvalue weighted by atomic mass is 17.2. The van der Waals surface area contributed by atoms with Gasteiger partial charge in [0.2, 0.25) is 0 Å². The Hall–Kier alpha value is -1.67. The predicted octanol–water partition coefficient (Wildman–Crippen LogP) is -0.360. The molecule has 0 amide bonds. The fourth-order valence-electron chi connectivity index (χ4n) is 1.06. The average Bonchev–Trinajstić information content (AvgIpc) is 2.26. The summed E-state index contributed by atoms with van der Waals surface area (Å²) in [6, 6.07) is 0. The van der Waals surface area contributed by atoms with E-state index in [0.29, 0.717) is 0 Å². The maximum atomic E-state index is 11.1. The molecule has 2 N–H and O–H groups in total. The largest absolute Gasteiger partial charge is 0.479 e. The molecule has 0 radical (unpaired) electrons. The highest BCUT2D eigenvalue weighted by Crippen LogP contribution is 2.18. The number of rotatable bonds is 8. The van der Waals surface area contributed by atoms with Crippen LogP contribution in [0.3, 0.4) is 0 Å². The molecule has 0 fully saturated rings. The van der Waals surface area contributed by atoms with E-state index in [1.165, 1.54) is 6.92 Å². The highest BCUT2D eigenvalue weighted by molar-refractivity contribution is 5.88. The van der Waals surface area contributed by atoms with Gasteiger partial charge in [-0.2, -0.15) is 4.89 Å². The summed E-state index contributed by atoms with van der Waals surface area (Å²) >= 11 is 0. The van der Waals surface area contributed by atoms with Gasteiger partial charge in [-0.3, -0.25) is 9.68 Å². The van der Waals surface area contributed by atoms with Crippen molar-refractivity contribution in [1.82, 2.24) is 0 Å². The van der Waals surface area contributed by atoms with E-state index in [4.69, 9.17) is 5.11 Å². The molecule has 1 atom stereocenters. The zero-order valence-electron chi connectivity index (χ0n) is 10.2. The first-order valence-electron chi connectivity index (χ1n) is 5.29. The van der Waals surface area contributed by atoms with Crippen molar-refractivity contribution in [3.05, 3.63) is 0 Å². The smallest absolute Gasteiger partial charge is 0.345 e. The molecule has 0 aromatic carbocycles. The third-order valence-electron chi connectivity index (χ3n) is 1.85. The Morgan fingerprint density at radius 2 is 1.61 bits per heavy atom. The molecule has 0 aromatic heterocycles. The van der Waals surface area contributed by atoms with Crippen molar-refractivity contribution in [2.75, 3.05) is 13.2 Å². The molecule has 1 unspecified atom stereocenters. The van der Waals surface area contributed by atoms with E-state index in [0.717, 1.165) is 0 Å². The van der Waals surface area contributed by atoms with Gasteiger partial charge < -0.3 is 14.9 Å². The lowest BCUT2D eigenvalue weighted by Gasteiger charge is -2.20. The molecule has 0 bridgehead atoms. The van der Waals surface area contributed by atoms with Crippen molar-refractivity contribution < 1.29 is 39.1 Å². The number of carbonyl (C=O) groups excluding carboxylic acids is 2. The Morgan fingerprint density at radius 1 is 1.06 bits per heavy atom. The second kappa shape index (κ2) is 7.62. The van der Waals surface area contributed by atoms with Gasteiger partial charge in [-0.1, -0.05) is 0 Å². The number of esters is 1. The van der Waals surface area contributed by atoms with Gasteiger partial charge in [0.25, 0.3) is 0 Å². The molecule has 0 heterocycles. The molecule has 0 saturated carbocycles. The van der Waals surface area contributed by atoms with Crippen LogP contribution in [-0.2, 0) is 28.9 Å². The first-order chi connectivity index (χ1) is 8.35. The molecule has 0 spiro atoms. The summed E-state index contributed by atoms with van der Waals surface area (Å²) < 4.78 is 4.50. The van der Waals surface area contributed by atoms with Gasteiger partial charge >= 0.3 is 17.9 Å². The summed E-state index contributed by atoms with van der Waals surface area (Å²) in [6.07, 6.45) is -1.77. The Bertz CT molecular complexity index is 313. The molecule has 8 heteroatoms. The van der Waals surface area contributed by atoms with E-state index in [1.807, 2.05) is 0 Å². The zero-order valence-corrected chi connectivity index (χ0v) is 10.2. The van der Waals surface area contributed by atoms with Crippen LogP contribution in [0.15, 0.2) is 0 Å². The molecule has 0 aliphatic carbocycles. The second-order valence-electron chi connectivity index (χ2n) is 3.36. The molecule has 8 nitrogen and oxygen atoms in total. The summed E-state index contributed by atoms with van der Waals surface area (Å²) in [7, 11) is 0. The number of aliphatic hydroxyl groups is 1. The number of carbonyl (C=O) groups is 3. The van der Waals surface area contributed by atoms with Crippen molar-refractivity contribution in [2.45, 2.75) is 32.3 Å². The van der Waals surface area contributed by atoms with Gasteiger partial charge in [-0.25, -0.2) is 9.59 Å². The standard InChI is InChI=1S/C10H16O8/c1-3-16-7(11)5-10(15,9(13)14)6-8(12)18-17-4-2/h15H,3-6H2,1-2H3,(H,13,14). The van der Waals surface area contributed by atoms with E-state index >= 15 is 0 Å². The molecule has 0 aliphatic heterocycles. The Balaban J connectivity index is 4.57. The van der Waals surface area contributed by atoms with Gasteiger partial charge in [0.05, 0.1) is 26.1 Å². The predicted molar refractivity (Wildman–Crippen MR) is 56.2 cm³/mol. The first-order valence-corrected chi connectivity index (χ1v) is 5.29. The minimum Gasteiger partial charge on any atom is -0.479 e. The van der Waals surface area contributed by atoms with Crippen LogP contribution in [0.25, 0.3) is 0 Å². The second-order valence-corrected chi connectivity index (χ2v) is 3.36. The quantitative estimate of drug-likeness (QED) is 0.346. The van der Waals surface area contributed by atoms with Crippen LogP contribution in [0, 0.1) is 0 Å². The van der Waals surface area contributed by atoms with Crippen molar-refractivity contribution in [2.24, 2.45) is 0 Å². The SMILES string of the molecule is CCOOC(=O)CC(O)(CC(=O)OCC)C(=O)O. The molecule has 0 rings (SSSR count). The number of carboxylic acid groups (broad SMARTS) is 1. The molecule has 18 heavy (non-hydrogen) atoms. The molecule has 104 valence electrons. The van der Waals surface area contributed by atoms with Crippen LogP contribution in [0.1, 0.15) is 26.7 Å². The summed E-state index contributed by atoms with van der Waals surface area (Å²) in [6.45, 7) is 3.20. The Morgan fingerprint density at radius 3 is 2.06 bits per heavy atom. The van der Waals surface area contributed by atoms with Crippen LogP contribution in [0.5, 0.6) is 0 Å². The van der Waals surface area contributed by atoms with Crippen LogP contribution < -0.4 is 0 Å². The first kappa shape index (κ1) is 16.3. The van der Waals surface area contributed by atoms with Crippen LogP contribution >= 0.6 is 0 Å². The van der Waals surface area contributed by atoms with Crippen molar-refractivity contribution in [1.29, 1.82) is 0 Å². The highest BCUT2D eigenvalue weighted by Gasteiger charge is 2.42. The normalized spacial score (nSPS) is 13.5. The van der Waals surface area contributed by atoms with Gasteiger partial charge in [-0.15, -0.1) is 0 Å². The number of hydrogen-bond donors (Lipinski definition) is 2. The summed E-state index contributed by atoms with van der Waals surface area (Å²) in [5.41, 5.74) is -2.57. The van der Waals surface area contributed by atoms with Crippen LogP contribution in [0.2, 0.25) is 0 Å². The summed E-state index contributed by atoms with van der Waals surface area (Å²) in [5.74, 6) is -3.73. The molecule has 0 aliphatic rings. The maximum Gasteiger partial charge on any atom is 0.345 e. The Kier molecular flexibility index (Phi) is 6.91. The van der Waals surface area contributed by atoms with Crippen LogP contribution in [0.4, 0.5) is 0 Å². The van der Waals surface area contributed by atoms with Gasteiger partial charge in [0.15, 0.2) is 5.60 Å². The molecular weight excluding hydrogens is 248 g/mol. The lowest BCUT2D eigenvalue weighted by molar-refractivity contribution is -0.272. The van der Waals surface area contributed by atoms with E-state index in [2.05, 4.69) is 14.5 Å². The van der Waals surface area contributed by atoms with E-state index in [-0.39, 0.29) is 13.2 Å². The molecular formula is C10H16O8. The van der Waals surface area contributed by atoms with Gasteiger partial charge in [0.1, 0.15) is 0 Å². The fraction of sp³-hybridized carbons (Fsp3) is 0.700. The average molecular weight is 264 g/mol. The number of carboxylic acids is 1. The number of ether oxygens (including phenoxy) is 1. The van der Waals surface area contributed by atoms with Gasteiger partial charge in [0, 0.05) is 0 Å². The topological polar surface area (TPSA) is 119 Å². The van der Waals surface area contributed by atoms with Gasteiger partial charge in [-0.05, 0) is 13.8 Å². The third kappa shape index (κ3) is 5.60. The zero-order chi connectivity index (χ0) is 14.2. The summed E-state index contributed by atoms with van der Waals surface area (Å²) in [4.78, 5) is 41.6. The minimum absolute atomic E-state index is 0.0396. The lowest BCUT2D eigenvalue weighted by Crippen LogP contribution is -2.43. The Labute approximate surface area is 103 Å². The minimum atomic E-state index is -2.57. The molecule has 0 saturated heterocycles. The fourth-order valence-corrected chi connectivity index (χ4v) is 1.06. The van der Waals surface area contributed by atoms with Crippen LogP contribution in [-0.4, -0.2) is 46.9 Å². The monoisotopic (exact) mass is 264 g/mol. The number of aliphatic carboxylic acids is 1. The molecule has 0 aromatic rings. The van der Waals surface area contributed by atoms with Crippen molar-refractivity contribution in [3.8, 4) is 0 Å². The van der Waals surface area contributed by atoms with E-state index in [9.17, 15) is 19.5 Å².